The topological polar surface area (TPSA) is 67.5 Å². The van der Waals surface area contributed by atoms with Crippen molar-refractivity contribution in [1.29, 1.82) is 0 Å². The Balaban J connectivity index is 1.53. The van der Waals surface area contributed by atoms with E-state index in [1.807, 2.05) is 26.0 Å². The van der Waals surface area contributed by atoms with Crippen molar-refractivity contribution in [3.8, 4) is 11.5 Å². The Labute approximate surface area is 165 Å². The third-order valence-electron chi connectivity index (χ3n) is 5.42. The van der Waals surface area contributed by atoms with Crippen molar-refractivity contribution in [2.75, 3.05) is 19.8 Å². The maximum absolute atomic E-state index is 12.5. The minimum atomic E-state index is 0.0497. The first kappa shape index (κ1) is 19.0. The fourth-order valence-electron chi connectivity index (χ4n) is 3.85. The number of rotatable bonds is 8. The van der Waals surface area contributed by atoms with Crippen LogP contribution in [-0.4, -0.2) is 34.6 Å². The molecule has 150 valence electrons. The number of hydrogen-bond acceptors (Lipinski definition) is 5. The van der Waals surface area contributed by atoms with E-state index in [1.165, 1.54) is 12.8 Å². The number of ether oxygens (including phenoxy) is 2. The lowest BCUT2D eigenvalue weighted by molar-refractivity contribution is 0.233. The van der Waals surface area contributed by atoms with Crippen molar-refractivity contribution >= 4 is 0 Å². The highest BCUT2D eigenvalue weighted by Crippen LogP contribution is 2.32. The van der Waals surface area contributed by atoms with Crippen molar-refractivity contribution in [1.82, 2.24) is 14.9 Å². The van der Waals surface area contributed by atoms with Crippen LogP contribution in [0.1, 0.15) is 49.3 Å². The van der Waals surface area contributed by atoms with Gasteiger partial charge >= 0.3 is 0 Å². The Kier molecular flexibility index (Phi) is 5.67. The number of nitrogens with one attached hydrogen (secondary N) is 1. The Bertz CT molecular complexity index is 889. The molecule has 0 amide bonds. The van der Waals surface area contributed by atoms with Gasteiger partial charge in [-0.3, -0.25) is 9.69 Å². The van der Waals surface area contributed by atoms with Crippen molar-refractivity contribution in [2.45, 2.75) is 52.6 Å². The van der Waals surface area contributed by atoms with Gasteiger partial charge in [0.1, 0.15) is 17.3 Å². The highest BCUT2D eigenvalue weighted by Gasteiger charge is 2.26. The van der Waals surface area contributed by atoms with E-state index in [-0.39, 0.29) is 5.56 Å². The molecule has 6 heteroatoms. The first-order chi connectivity index (χ1) is 13.7. The lowest BCUT2D eigenvalue weighted by Crippen LogP contribution is -2.35. The van der Waals surface area contributed by atoms with E-state index >= 15 is 0 Å². The van der Waals surface area contributed by atoms with Crippen LogP contribution >= 0.6 is 0 Å². The Morgan fingerprint density at radius 2 is 2.04 bits per heavy atom. The largest absolute Gasteiger partial charge is 0.494 e. The smallest absolute Gasteiger partial charge is 0.254 e. The number of fused-ring (bicyclic) bond motifs is 1. The van der Waals surface area contributed by atoms with Crippen LogP contribution in [0.15, 0.2) is 23.0 Å². The highest BCUT2D eigenvalue weighted by atomic mass is 16.5. The van der Waals surface area contributed by atoms with Gasteiger partial charge in [-0.2, -0.15) is 0 Å². The molecule has 1 N–H and O–H groups in total. The molecule has 2 aromatic rings. The highest BCUT2D eigenvalue weighted by molar-refractivity contribution is 5.40. The molecule has 4 rings (SSSR count). The van der Waals surface area contributed by atoms with E-state index in [0.717, 1.165) is 60.1 Å². The summed E-state index contributed by atoms with van der Waals surface area (Å²) in [6.45, 7) is 7.54. The molecule has 6 nitrogen and oxygen atoms in total. The van der Waals surface area contributed by atoms with Crippen molar-refractivity contribution < 1.29 is 9.47 Å². The van der Waals surface area contributed by atoms with Crippen LogP contribution in [0.5, 0.6) is 11.5 Å². The van der Waals surface area contributed by atoms with E-state index in [4.69, 9.17) is 14.5 Å². The fourth-order valence-corrected chi connectivity index (χ4v) is 3.85. The predicted octanol–water partition coefficient (Wildman–Crippen LogP) is 3.08. The summed E-state index contributed by atoms with van der Waals surface area (Å²) >= 11 is 0. The van der Waals surface area contributed by atoms with Crippen LogP contribution in [0, 0.1) is 5.92 Å². The molecule has 0 bridgehead atoms. The summed E-state index contributed by atoms with van der Waals surface area (Å²) in [5.74, 6) is 3.31. The fraction of sp³-hybridized carbons (Fsp3) is 0.545. The third-order valence-corrected chi connectivity index (χ3v) is 5.42. The molecule has 2 aliphatic rings. The molecule has 0 unspecified atom stereocenters. The minimum absolute atomic E-state index is 0.0497. The van der Waals surface area contributed by atoms with Gasteiger partial charge in [-0.15, -0.1) is 0 Å². The summed E-state index contributed by atoms with van der Waals surface area (Å²) < 4.78 is 11.5. The van der Waals surface area contributed by atoms with Gasteiger partial charge in [0, 0.05) is 37.2 Å². The normalized spacial score (nSPS) is 16.6. The van der Waals surface area contributed by atoms with Crippen LogP contribution in [0.25, 0.3) is 0 Å². The molecule has 0 radical (unpaired) electrons. The van der Waals surface area contributed by atoms with E-state index in [0.29, 0.717) is 25.7 Å². The summed E-state index contributed by atoms with van der Waals surface area (Å²) in [5, 5.41) is 0. The van der Waals surface area contributed by atoms with Crippen molar-refractivity contribution in [3.63, 3.8) is 0 Å². The zero-order valence-electron chi connectivity index (χ0n) is 16.8. The quantitative estimate of drug-likeness (QED) is 0.759. The van der Waals surface area contributed by atoms with Gasteiger partial charge in [-0.25, -0.2) is 4.98 Å². The molecule has 1 aliphatic carbocycles. The first-order valence-electron chi connectivity index (χ1n) is 10.4. The van der Waals surface area contributed by atoms with Gasteiger partial charge in [-0.1, -0.05) is 0 Å². The second-order valence-electron chi connectivity index (χ2n) is 7.68. The molecule has 28 heavy (non-hydrogen) atoms. The van der Waals surface area contributed by atoms with Gasteiger partial charge in [-0.05, 0) is 57.2 Å². The van der Waals surface area contributed by atoms with Gasteiger partial charge in [0.25, 0.3) is 5.56 Å². The summed E-state index contributed by atoms with van der Waals surface area (Å²) in [6, 6.07) is 6.00. The van der Waals surface area contributed by atoms with Gasteiger partial charge in [0.2, 0.25) is 0 Å². The SMILES string of the molecule is CCOc1ccc(OCC)c(CN2CCc3c(nc(CC4CC4)[nH]c3=O)C2)c1. The van der Waals surface area contributed by atoms with Crippen molar-refractivity contribution in [3.05, 3.63) is 51.2 Å². The molecule has 1 aliphatic heterocycles. The average Bonchev–Trinajstić information content (AvgIpc) is 3.48. The summed E-state index contributed by atoms with van der Waals surface area (Å²) in [7, 11) is 0. The maximum Gasteiger partial charge on any atom is 0.254 e. The molecule has 0 spiro atoms. The number of benzene rings is 1. The average molecular weight is 383 g/mol. The number of H-pyrrole nitrogens is 1. The van der Waals surface area contributed by atoms with E-state index in [1.54, 1.807) is 0 Å². The minimum Gasteiger partial charge on any atom is -0.494 e. The summed E-state index contributed by atoms with van der Waals surface area (Å²) in [6.07, 6.45) is 4.14. The van der Waals surface area contributed by atoms with Gasteiger partial charge in [0.05, 0.1) is 18.9 Å². The van der Waals surface area contributed by atoms with Gasteiger partial charge in [0.15, 0.2) is 0 Å². The van der Waals surface area contributed by atoms with Crippen LogP contribution < -0.4 is 15.0 Å². The first-order valence-corrected chi connectivity index (χ1v) is 10.4. The number of nitrogens with zero attached hydrogens (tertiary/aromatic N) is 2. The van der Waals surface area contributed by atoms with E-state index in [2.05, 4.69) is 16.0 Å². The molecular weight excluding hydrogens is 354 g/mol. The molecule has 0 saturated heterocycles. The van der Waals surface area contributed by atoms with E-state index in [9.17, 15) is 4.79 Å². The number of aromatic amines is 1. The molecule has 2 heterocycles. The number of hydrogen-bond donors (Lipinski definition) is 1. The molecule has 0 atom stereocenters. The monoisotopic (exact) mass is 383 g/mol. The second-order valence-corrected chi connectivity index (χ2v) is 7.68. The zero-order chi connectivity index (χ0) is 19.5. The standard InChI is InChI=1S/C22H29N3O3/c1-3-27-17-7-8-20(28-4-2)16(12-17)13-25-10-9-18-19(14-25)23-21(24-22(18)26)11-15-5-6-15/h7-8,12,15H,3-6,9-11,13-14H2,1-2H3,(H,23,24,26). The summed E-state index contributed by atoms with van der Waals surface area (Å²) in [4.78, 5) is 22.6. The zero-order valence-corrected chi connectivity index (χ0v) is 16.8. The Hall–Kier alpha value is -2.34. The van der Waals surface area contributed by atoms with Crippen LogP contribution in [-0.2, 0) is 25.9 Å². The molecule has 1 saturated carbocycles. The third kappa shape index (κ3) is 4.38. The number of aromatic nitrogens is 2. The van der Waals surface area contributed by atoms with Crippen LogP contribution in [0.3, 0.4) is 0 Å². The van der Waals surface area contributed by atoms with Gasteiger partial charge < -0.3 is 14.5 Å². The summed E-state index contributed by atoms with van der Waals surface area (Å²) in [5.41, 5.74) is 2.95. The predicted molar refractivity (Wildman–Crippen MR) is 108 cm³/mol. The Morgan fingerprint density at radius 1 is 1.21 bits per heavy atom. The Morgan fingerprint density at radius 3 is 2.79 bits per heavy atom. The lowest BCUT2D eigenvalue weighted by Gasteiger charge is -2.28. The molecule has 1 aromatic carbocycles. The second kappa shape index (κ2) is 8.35. The van der Waals surface area contributed by atoms with Crippen LogP contribution in [0.4, 0.5) is 0 Å². The molecule has 1 aromatic heterocycles. The van der Waals surface area contributed by atoms with E-state index < -0.39 is 0 Å². The lowest BCUT2D eigenvalue weighted by atomic mass is 10.0. The van der Waals surface area contributed by atoms with Crippen LogP contribution in [0.2, 0.25) is 0 Å². The van der Waals surface area contributed by atoms with Crippen molar-refractivity contribution in [2.24, 2.45) is 5.92 Å². The molecule has 1 fully saturated rings. The maximum atomic E-state index is 12.5. The molecular formula is C22H29N3O3.